The summed E-state index contributed by atoms with van der Waals surface area (Å²) in [7, 11) is 0. The Labute approximate surface area is 163 Å². The van der Waals surface area contributed by atoms with E-state index < -0.39 is 0 Å². The van der Waals surface area contributed by atoms with Gasteiger partial charge in [0.05, 0.1) is 0 Å². The van der Waals surface area contributed by atoms with Crippen molar-refractivity contribution >= 4 is 29.4 Å². The second-order valence-electron chi connectivity index (χ2n) is 7.80. The summed E-state index contributed by atoms with van der Waals surface area (Å²) < 4.78 is 0. The number of rotatable bonds is 4. The van der Waals surface area contributed by atoms with E-state index in [9.17, 15) is 4.79 Å². The Morgan fingerprint density at radius 2 is 1.07 bits per heavy atom. The topological polar surface area (TPSA) is 17.1 Å². The molecule has 0 saturated heterocycles. The number of hydrogen-bond acceptors (Lipinski definition) is 1. The summed E-state index contributed by atoms with van der Waals surface area (Å²) in [5.74, 6) is 0. The largest absolute Gasteiger partial charge is 0.298 e. The van der Waals surface area contributed by atoms with Gasteiger partial charge in [-0.2, -0.15) is 0 Å². The van der Waals surface area contributed by atoms with Gasteiger partial charge in [-0.3, -0.25) is 4.79 Å². The van der Waals surface area contributed by atoms with Crippen molar-refractivity contribution in [3.8, 4) is 0 Å². The van der Waals surface area contributed by atoms with Crippen LogP contribution in [-0.2, 0) is 0 Å². The van der Waals surface area contributed by atoms with Crippen LogP contribution < -0.4 is 16.4 Å². The van der Waals surface area contributed by atoms with Gasteiger partial charge in [-0.25, -0.2) is 0 Å². The van der Waals surface area contributed by atoms with Gasteiger partial charge in [-0.1, -0.05) is 98.3 Å². The smallest absolute Gasteiger partial charge is 0.243 e. The second-order valence-corrected chi connectivity index (χ2v) is 7.80. The number of aldehydes is 1. The molecule has 0 radical (unpaired) electrons. The van der Waals surface area contributed by atoms with Crippen LogP contribution in [0.15, 0.2) is 48.5 Å². The summed E-state index contributed by atoms with van der Waals surface area (Å²) in [6.45, 7) is 13.1. The SMILES string of the molecule is Cc1cc(C)c(B(c2ccccc2C=O)c2c(C)cc(C)cc2C)c(C)c1. The van der Waals surface area contributed by atoms with E-state index in [0.29, 0.717) is 0 Å². The molecule has 0 unspecified atom stereocenters. The van der Waals surface area contributed by atoms with Gasteiger partial charge in [0.15, 0.2) is 0 Å². The van der Waals surface area contributed by atoms with Crippen molar-refractivity contribution in [2.75, 3.05) is 0 Å². The van der Waals surface area contributed by atoms with Gasteiger partial charge in [-0.15, -0.1) is 0 Å². The molecule has 0 bridgehead atoms. The van der Waals surface area contributed by atoms with E-state index in [2.05, 4.69) is 71.9 Å². The summed E-state index contributed by atoms with van der Waals surface area (Å²) in [5.41, 5.74) is 12.1. The molecule has 0 atom stereocenters. The molecule has 27 heavy (non-hydrogen) atoms. The van der Waals surface area contributed by atoms with E-state index in [1.807, 2.05) is 18.2 Å². The minimum Gasteiger partial charge on any atom is -0.298 e. The van der Waals surface area contributed by atoms with Crippen LogP contribution in [0.1, 0.15) is 43.7 Å². The highest BCUT2D eigenvalue weighted by Crippen LogP contribution is 2.13. The van der Waals surface area contributed by atoms with Gasteiger partial charge >= 0.3 is 0 Å². The van der Waals surface area contributed by atoms with Crippen LogP contribution in [0.2, 0.25) is 0 Å². The molecule has 2 heteroatoms. The quantitative estimate of drug-likeness (QED) is 0.514. The number of carbonyl (C=O) groups excluding carboxylic acids is 1. The van der Waals surface area contributed by atoms with Crippen LogP contribution >= 0.6 is 0 Å². The lowest BCUT2D eigenvalue weighted by atomic mass is 9.33. The molecule has 0 spiro atoms. The van der Waals surface area contributed by atoms with Crippen LogP contribution in [0.5, 0.6) is 0 Å². The standard InChI is InChI=1S/C25H27BO/c1-16-11-18(3)24(19(4)12-16)26(23-10-8-7-9-22(23)15-27)25-20(5)13-17(2)14-21(25)6/h7-15H,1-6H3. The molecule has 0 N–H and O–H groups in total. The van der Waals surface area contributed by atoms with Crippen molar-refractivity contribution in [1.82, 2.24) is 0 Å². The Hall–Kier alpha value is -2.61. The highest BCUT2D eigenvalue weighted by molar-refractivity contribution is 6.97. The minimum atomic E-state index is 0.0487. The Morgan fingerprint density at radius 1 is 0.667 bits per heavy atom. The molecule has 0 saturated carbocycles. The summed E-state index contributed by atoms with van der Waals surface area (Å²) in [6, 6.07) is 17.0. The van der Waals surface area contributed by atoms with Crippen molar-refractivity contribution in [3.05, 3.63) is 87.5 Å². The van der Waals surface area contributed by atoms with Gasteiger partial charge < -0.3 is 0 Å². The molecule has 136 valence electrons. The third-order valence-corrected chi connectivity index (χ3v) is 5.49. The third-order valence-electron chi connectivity index (χ3n) is 5.49. The normalized spacial score (nSPS) is 10.7. The Bertz CT molecular complexity index is 913. The van der Waals surface area contributed by atoms with Crippen LogP contribution in [-0.4, -0.2) is 13.0 Å². The van der Waals surface area contributed by atoms with Gasteiger partial charge in [-0.05, 0) is 41.5 Å². The van der Waals surface area contributed by atoms with Gasteiger partial charge in [0.1, 0.15) is 6.29 Å². The lowest BCUT2D eigenvalue weighted by Gasteiger charge is -2.25. The molecular weight excluding hydrogens is 327 g/mol. The summed E-state index contributed by atoms with van der Waals surface area (Å²) in [4.78, 5) is 11.8. The average Bonchev–Trinajstić information content (AvgIpc) is 2.58. The minimum absolute atomic E-state index is 0.0487. The predicted molar refractivity (Wildman–Crippen MR) is 118 cm³/mol. The molecule has 0 aliphatic carbocycles. The van der Waals surface area contributed by atoms with Gasteiger partial charge in [0, 0.05) is 5.56 Å². The van der Waals surface area contributed by atoms with E-state index in [0.717, 1.165) is 17.3 Å². The van der Waals surface area contributed by atoms with Crippen LogP contribution in [0, 0.1) is 41.5 Å². The number of benzene rings is 3. The fourth-order valence-electron chi connectivity index (χ4n) is 4.63. The van der Waals surface area contributed by atoms with Crippen molar-refractivity contribution in [1.29, 1.82) is 0 Å². The predicted octanol–water partition coefficient (Wildman–Crippen LogP) is 3.87. The van der Waals surface area contributed by atoms with E-state index in [1.54, 1.807) is 0 Å². The fourth-order valence-corrected chi connectivity index (χ4v) is 4.63. The van der Waals surface area contributed by atoms with E-state index in [1.165, 1.54) is 44.3 Å². The maximum atomic E-state index is 11.8. The van der Waals surface area contributed by atoms with Gasteiger partial charge in [0.2, 0.25) is 6.71 Å². The third kappa shape index (κ3) is 3.62. The van der Waals surface area contributed by atoms with Crippen molar-refractivity contribution in [3.63, 3.8) is 0 Å². The number of carbonyl (C=O) groups is 1. The second kappa shape index (κ2) is 7.56. The van der Waals surface area contributed by atoms with E-state index in [4.69, 9.17) is 0 Å². The van der Waals surface area contributed by atoms with E-state index >= 15 is 0 Å². The lowest BCUT2D eigenvalue weighted by molar-refractivity contribution is 0.112. The Morgan fingerprint density at radius 3 is 1.48 bits per heavy atom. The van der Waals surface area contributed by atoms with Crippen molar-refractivity contribution in [2.24, 2.45) is 0 Å². The number of hydrogen-bond donors (Lipinski definition) is 0. The average molecular weight is 354 g/mol. The molecule has 0 aliphatic rings. The summed E-state index contributed by atoms with van der Waals surface area (Å²) >= 11 is 0. The molecule has 0 heterocycles. The van der Waals surface area contributed by atoms with Crippen molar-refractivity contribution < 1.29 is 4.79 Å². The van der Waals surface area contributed by atoms with Crippen molar-refractivity contribution in [2.45, 2.75) is 41.5 Å². The highest BCUT2D eigenvalue weighted by atomic mass is 16.1. The Kier molecular flexibility index (Phi) is 5.37. The number of aryl methyl sites for hydroxylation is 6. The monoisotopic (exact) mass is 354 g/mol. The van der Waals surface area contributed by atoms with Crippen LogP contribution in [0.4, 0.5) is 0 Å². The molecule has 0 aromatic heterocycles. The van der Waals surface area contributed by atoms with Gasteiger partial charge in [0.25, 0.3) is 0 Å². The zero-order valence-electron chi connectivity index (χ0n) is 17.2. The molecule has 3 aromatic rings. The van der Waals surface area contributed by atoms with E-state index in [-0.39, 0.29) is 6.71 Å². The molecule has 3 aromatic carbocycles. The summed E-state index contributed by atoms with van der Waals surface area (Å²) in [6.07, 6.45) is 0.986. The lowest BCUT2D eigenvalue weighted by Crippen LogP contribution is -2.56. The zero-order valence-corrected chi connectivity index (χ0v) is 17.2. The maximum absolute atomic E-state index is 11.8. The molecule has 0 amide bonds. The molecule has 0 aliphatic heterocycles. The molecule has 3 rings (SSSR count). The highest BCUT2D eigenvalue weighted by Gasteiger charge is 2.29. The first-order valence-electron chi connectivity index (χ1n) is 9.53. The first kappa shape index (κ1) is 19.2. The zero-order chi connectivity index (χ0) is 19.7. The molecular formula is C25H27BO. The summed E-state index contributed by atoms with van der Waals surface area (Å²) in [5, 5.41) is 0. The first-order valence-corrected chi connectivity index (χ1v) is 9.53. The Balaban J connectivity index is 2.41. The molecule has 0 fully saturated rings. The van der Waals surface area contributed by atoms with Crippen LogP contribution in [0.25, 0.3) is 0 Å². The fraction of sp³-hybridized carbons (Fsp3) is 0.240. The molecule has 1 nitrogen and oxygen atoms in total. The maximum Gasteiger partial charge on any atom is 0.243 e. The first-order chi connectivity index (χ1) is 12.8. The van der Waals surface area contributed by atoms with Crippen LogP contribution in [0.3, 0.4) is 0 Å².